The Morgan fingerprint density at radius 1 is 1.29 bits per heavy atom. The average Bonchev–Trinajstić information content (AvgIpc) is 2.72. The zero-order valence-electron chi connectivity index (χ0n) is 11.7. The molecule has 4 nitrogen and oxygen atoms in total. The Hall–Kier alpha value is 0.274. The van der Waals surface area contributed by atoms with E-state index in [-0.39, 0.29) is 15.4 Å². The monoisotopic (exact) mass is 277 g/mol. The lowest BCUT2D eigenvalue weighted by Gasteiger charge is -2.31. The first-order chi connectivity index (χ1) is 8.16. The third-order valence-electron chi connectivity index (χ3n) is 3.82. The molecule has 17 heavy (non-hydrogen) atoms. The predicted octanol–water partition coefficient (Wildman–Crippen LogP) is 0.964. The van der Waals surface area contributed by atoms with Crippen LogP contribution < -0.4 is 0 Å². The minimum absolute atomic E-state index is 0.0969. The van der Waals surface area contributed by atoms with Crippen molar-refractivity contribution >= 4 is 18.0 Å². The number of ether oxygens (including phenoxy) is 2. The van der Waals surface area contributed by atoms with E-state index in [1.54, 1.807) is 14.2 Å². The molecular weight excluding hydrogens is 250 g/mol. The van der Waals surface area contributed by atoms with Gasteiger partial charge in [-0.2, -0.15) is 0 Å². The lowest BCUT2D eigenvalue weighted by molar-refractivity contribution is -0.0441. The van der Waals surface area contributed by atoms with Crippen molar-refractivity contribution in [2.24, 2.45) is 0 Å². The molecule has 0 saturated carbocycles. The zero-order chi connectivity index (χ0) is 12.7. The Morgan fingerprint density at radius 2 is 2.00 bits per heavy atom. The lowest BCUT2D eigenvalue weighted by Crippen LogP contribution is -2.48. The molecule has 0 aromatic heterocycles. The molecule has 1 heterocycles. The minimum Gasteiger partial charge on any atom is -0.406 e. The van der Waals surface area contributed by atoms with Crippen molar-refractivity contribution in [3.63, 3.8) is 0 Å². The quantitative estimate of drug-likeness (QED) is 0.376. The molecule has 6 heteroatoms. The van der Waals surface area contributed by atoms with Crippen LogP contribution in [0.2, 0.25) is 18.6 Å². The first kappa shape index (κ1) is 15.3. The van der Waals surface area contributed by atoms with Crippen LogP contribution in [-0.4, -0.2) is 62.9 Å². The van der Waals surface area contributed by atoms with Crippen molar-refractivity contribution in [1.82, 2.24) is 4.57 Å². The number of rotatable bonds is 8. The summed E-state index contributed by atoms with van der Waals surface area (Å²) in [7, 11) is 3.60. The smallest absolute Gasteiger partial charge is 0.267 e. The van der Waals surface area contributed by atoms with Gasteiger partial charge in [0.1, 0.15) is 5.91 Å². The second kappa shape index (κ2) is 7.65. The summed E-state index contributed by atoms with van der Waals surface area (Å²) < 4.78 is 18.9. The van der Waals surface area contributed by atoms with Crippen molar-refractivity contribution < 1.29 is 13.9 Å². The van der Waals surface area contributed by atoms with Crippen molar-refractivity contribution in [2.45, 2.75) is 37.4 Å². The molecule has 0 bridgehead atoms. The standard InChI is InChI=1S/C11H27NO3Si2/c1-13-11(14-2)16-9-5-7-12-8-6-10-17(12,4)15-3/h11H,5-10,16H2,1-4H3. The van der Waals surface area contributed by atoms with Gasteiger partial charge < -0.3 is 18.5 Å². The maximum absolute atomic E-state index is 5.76. The molecule has 0 spiro atoms. The first-order valence-electron chi connectivity index (χ1n) is 6.52. The van der Waals surface area contributed by atoms with Gasteiger partial charge in [-0.25, -0.2) is 0 Å². The van der Waals surface area contributed by atoms with Gasteiger partial charge in [0.15, 0.2) is 0 Å². The Labute approximate surface area is 109 Å². The van der Waals surface area contributed by atoms with E-state index in [9.17, 15) is 0 Å². The highest BCUT2D eigenvalue weighted by Gasteiger charge is 2.39. The maximum atomic E-state index is 5.76. The molecule has 1 fully saturated rings. The van der Waals surface area contributed by atoms with E-state index >= 15 is 0 Å². The number of hydrogen-bond donors (Lipinski definition) is 0. The summed E-state index contributed by atoms with van der Waals surface area (Å²) in [5.74, 6) is 0.0969. The fraction of sp³-hybridized carbons (Fsp3) is 1.00. The number of methoxy groups -OCH3 is 2. The van der Waals surface area contributed by atoms with Gasteiger partial charge >= 0.3 is 0 Å². The third-order valence-corrected chi connectivity index (χ3v) is 9.81. The van der Waals surface area contributed by atoms with Crippen molar-refractivity contribution in [3.05, 3.63) is 0 Å². The van der Waals surface area contributed by atoms with Crippen molar-refractivity contribution in [1.29, 1.82) is 0 Å². The topological polar surface area (TPSA) is 30.9 Å². The highest BCUT2D eigenvalue weighted by atomic mass is 28.4. The van der Waals surface area contributed by atoms with Crippen LogP contribution in [0.3, 0.4) is 0 Å². The molecule has 0 radical (unpaired) electrons. The Kier molecular flexibility index (Phi) is 6.90. The minimum atomic E-state index is -1.50. The van der Waals surface area contributed by atoms with Gasteiger partial charge in [0.2, 0.25) is 0 Å². The van der Waals surface area contributed by atoms with Crippen LogP contribution in [0.15, 0.2) is 0 Å². The van der Waals surface area contributed by atoms with E-state index < -0.39 is 8.48 Å². The second-order valence-corrected chi connectivity index (χ2v) is 10.7. The largest absolute Gasteiger partial charge is 0.406 e. The Balaban J connectivity index is 2.18. The molecule has 1 aliphatic heterocycles. The van der Waals surface area contributed by atoms with Gasteiger partial charge in [-0.3, -0.25) is 0 Å². The first-order valence-corrected chi connectivity index (χ1v) is 10.9. The molecule has 1 aliphatic rings. The summed E-state index contributed by atoms with van der Waals surface area (Å²) in [4.78, 5) is 0. The molecule has 0 amide bonds. The lowest BCUT2D eigenvalue weighted by atomic mass is 10.4. The normalized spacial score (nSPS) is 26.6. The van der Waals surface area contributed by atoms with Crippen LogP contribution in [0.5, 0.6) is 0 Å². The van der Waals surface area contributed by atoms with Crippen LogP contribution in [0.1, 0.15) is 12.8 Å². The molecule has 1 rings (SSSR count). The molecule has 1 unspecified atom stereocenters. The summed E-state index contributed by atoms with van der Waals surface area (Å²) in [6.45, 7) is 4.77. The van der Waals surface area contributed by atoms with Gasteiger partial charge in [-0.05, 0) is 38.5 Å². The van der Waals surface area contributed by atoms with E-state index in [1.165, 1.54) is 38.0 Å². The molecular formula is C11H27NO3Si2. The van der Waals surface area contributed by atoms with Gasteiger partial charge in [0, 0.05) is 21.3 Å². The fourth-order valence-electron chi connectivity index (χ4n) is 2.52. The highest BCUT2D eigenvalue weighted by Crippen LogP contribution is 2.26. The summed E-state index contributed by atoms with van der Waals surface area (Å²) in [6, 6.07) is 2.58. The van der Waals surface area contributed by atoms with Crippen LogP contribution in [-0.2, 0) is 13.9 Å². The van der Waals surface area contributed by atoms with E-state index in [0.29, 0.717) is 0 Å². The molecule has 0 aromatic rings. The number of hydrogen-bond acceptors (Lipinski definition) is 4. The SMILES string of the molecule is COC(OC)[SiH2]CCCN1CCC[Si]1(C)OC. The molecule has 0 N–H and O–H groups in total. The van der Waals surface area contributed by atoms with E-state index in [2.05, 4.69) is 11.1 Å². The molecule has 0 aliphatic carbocycles. The molecule has 102 valence electrons. The van der Waals surface area contributed by atoms with Crippen molar-refractivity contribution in [3.8, 4) is 0 Å². The molecule has 1 atom stereocenters. The maximum Gasteiger partial charge on any atom is 0.267 e. The second-order valence-electron chi connectivity index (χ2n) is 4.87. The summed E-state index contributed by atoms with van der Waals surface area (Å²) in [5, 5.41) is 0. The van der Waals surface area contributed by atoms with Crippen LogP contribution in [0.25, 0.3) is 0 Å². The zero-order valence-corrected chi connectivity index (χ0v) is 14.1. The summed E-state index contributed by atoms with van der Waals surface area (Å²) >= 11 is 0. The van der Waals surface area contributed by atoms with Gasteiger partial charge in [0.05, 0.1) is 9.52 Å². The van der Waals surface area contributed by atoms with Gasteiger partial charge in [-0.1, -0.05) is 6.04 Å². The van der Waals surface area contributed by atoms with Crippen LogP contribution >= 0.6 is 0 Å². The van der Waals surface area contributed by atoms with Gasteiger partial charge in [0.25, 0.3) is 8.48 Å². The van der Waals surface area contributed by atoms with Crippen molar-refractivity contribution in [2.75, 3.05) is 34.4 Å². The Bertz CT molecular complexity index is 217. The third kappa shape index (κ3) is 4.46. The van der Waals surface area contributed by atoms with Crippen LogP contribution in [0, 0.1) is 0 Å². The van der Waals surface area contributed by atoms with Crippen LogP contribution in [0.4, 0.5) is 0 Å². The predicted molar refractivity (Wildman–Crippen MR) is 75.4 cm³/mol. The molecule has 1 saturated heterocycles. The van der Waals surface area contributed by atoms with E-state index in [4.69, 9.17) is 13.9 Å². The number of nitrogens with zero attached hydrogens (tertiary/aromatic N) is 1. The molecule has 0 aromatic carbocycles. The fourth-order valence-corrected chi connectivity index (χ4v) is 6.69. The average molecular weight is 278 g/mol. The summed E-state index contributed by atoms with van der Waals surface area (Å²) in [5.41, 5.74) is 0. The van der Waals surface area contributed by atoms with Gasteiger partial charge in [-0.15, -0.1) is 0 Å². The van der Waals surface area contributed by atoms with E-state index in [0.717, 1.165) is 0 Å². The highest BCUT2D eigenvalue weighted by molar-refractivity contribution is 6.70. The Morgan fingerprint density at radius 3 is 2.59 bits per heavy atom. The summed E-state index contributed by atoms with van der Waals surface area (Å²) in [6.07, 6.45) is 2.58. The van der Waals surface area contributed by atoms with E-state index in [1.807, 2.05) is 7.11 Å².